The lowest BCUT2D eigenvalue weighted by Gasteiger charge is -2.18. The number of phosphoric acid groups is 1. The molecule has 26 heavy (non-hydrogen) atoms. The van der Waals surface area contributed by atoms with E-state index in [0.717, 1.165) is 6.20 Å². The Morgan fingerprint density at radius 2 is 2.08 bits per heavy atom. The molecule has 148 valence electrons. The molecule has 0 aromatic carbocycles. The second kappa shape index (κ2) is 9.93. The van der Waals surface area contributed by atoms with E-state index in [9.17, 15) is 19.6 Å². The van der Waals surface area contributed by atoms with Crippen molar-refractivity contribution in [2.75, 3.05) is 6.54 Å². The minimum atomic E-state index is -4.93. The van der Waals surface area contributed by atoms with E-state index in [4.69, 9.17) is 20.6 Å². The van der Waals surface area contributed by atoms with Crippen molar-refractivity contribution < 1.29 is 39.0 Å². The highest BCUT2D eigenvalue weighted by molar-refractivity contribution is 7.46. The number of carbonyl (C=O) groups is 1. The monoisotopic (exact) mass is 393 g/mol. The number of nitrogens with zero attached hydrogens (tertiary/aromatic N) is 1. The molecule has 0 amide bonds. The number of aryl methyl sites for hydroxylation is 1. The van der Waals surface area contributed by atoms with Crippen molar-refractivity contribution in [1.29, 1.82) is 0 Å². The van der Waals surface area contributed by atoms with E-state index < -0.39 is 26.1 Å². The highest BCUT2D eigenvalue weighted by Crippen LogP contribution is 2.42. The number of hydrogen-bond donors (Lipinski definition) is 7. The van der Waals surface area contributed by atoms with E-state index in [1.54, 1.807) is 0 Å². The van der Waals surface area contributed by atoms with E-state index in [0.29, 0.717) is 25.8 Å². The molecular weight excluding hydrogens is 369 g/mol. The first-order valence-electron chi connectivity index (χ1n) is 7.81. The van der Waals surface area contributed by atoms with Crippen LogP contribution in [0.25, 0.3) is 0 Å². The van der Waals surface area contributed by atoms with Gasteiger partial charge in [0.1, 0.15) is 11.8 Å². The molecule has 2 atom stereocenters. The van der Waals surface area contributed by atoms with Crippen molar-refractivity contribution in [3.63, 3.8) is 0 Å². The fourth-order valence-electron chi connectivity index (χ4n) is 2.20. The molecule has 8 N–H and O–H groups in total. The molecule has 1 heterocycles. The molecule has 0 aliphatic carbocycles. The maximum atomic E-state index is 10.9. The molecule has 0 spiro atoms. The lowest BCUT2D eigenvalue weighted by Crippen LogP contribution is -2.30. The zero-order chi connectivity index (χ0) is 19.9. The third-order valence-electron chi connectivity index (χ3n) is 3.62. The Labute approximate surface area is 150 Å². The molecule has 1 rings (SSSR count). The first kappa shape index (κ1) is 22.5. The van der Waals surface area contributed by atoms with Gasteiger partial charge in [-0.05, 0) is 26.3 Å². The minimum absolute atomic E-state index is 0.0724. The molecule has 0 bridgehead atoms. The van der Waals surface area contributed by atoms with Crippen LogP contribution in [-0.4, -0.2) is 48.6 Å². The van der Waals surface area contributed by atoms with Gasteiger partial charge in [0.15, 0.2) is 6.29 Å². The number of aliphatic hydroxyl groups excluding tert-OH is 1. The average Bonchev–Trinajstić information content (AvgIpc) is 2.52. The number of aliphatic carboxylic acids is 1. The van der Waals surface area contributed by atoms with E-state index in [-0.39, 0.29) is 29.1 Å². The van der Waals surface area contributed by atoms with Crippen molar-refractivity contribution >= 4 is 13.8 Å². The predicted octanol–water partition coefficient (Wildman–Crippen LogP) is -0.132. The number of pyridine rings is 1. The van der Waals surface area contributed by atoms with Crippen molar-refractivity contribution in [1.82, 2.24) is 10.3 Å². The molecule has 1 unspecified atom stereocenters. The Bertz CT molecular complexity index is 666. The summed E-state index contributed by atoms with van der Waals surface area (Å²) in [4.78, 5) is 32.1. The Morgan fingerprint density at radius 3 is 2.65 bits per heavy atom. The summed E-state index contributed by atoms with van der Waals surface area (Å²) >= 11 is 0. The normalized spacial score (nSPS) is 14.2. The number of carboxylic acids is 1. The Balaban J connectivity index is 2.66. The number of rotatable bonds is 11. The summed E-state index contributed by atoms with van der Waals surface area (Å²) < 4.78 is 15.1. The maximum Gasteiger partial charge on any atom is 0.472 e. The lowest BCUT2D eigenvalue weighted by atomic mass is 10.1. The van der Waals surface area contributed by atoms with Crippen LogP contribution in [0.4, 0.5) is 0 Å². The number of unbranched alkanes of at least 4 members (excludes halogenated alkanes) is 1. The first-order chi connectivity index (χ1) is 12.0. The molecule has 1 aromatic heterocycles. The van der Waals surface area contributed by atoms with Gasteiger partial charge in [-0.15, -0.1) is 0 Å². The number of aliphatic hydroxyl groups is 1. The summed E-state index contributed by atoms with van der Waals surface area (Å²) in [7, 11) is -4.93. The third-order valence-corrected chi connectivity index (χ3v) is 4.09. The summed E-state index contributed by atoms with van der Waals surface area (Å²) in [6.07, 6.45) is 0.747. The number of aromatic nitrogens is 1. The van der Waals surface area contributed by atoms with Crippen LogP contribution in [0.2, 0.25) is 0 Å². The van der Waals surface area contributed by atoms with Gasteiger partial charge in [0.25, 0.3) is 0 Å². The number of hydrogen-bond acceptors (Lipinski definition) is 8. The van der Waals surface area contributed by atoms with Crippen molar-refractivity contribution in [2.45, 2.75) is 45.1 Å². The number of nitrogens with one attached hydrogen (secondary N) is 1. The summed E-state index contributed by atoms with van der Waals surface area (Å²) in [5, 5.41) is 31.6. The molecule has 0 radical (unpaired) electrons. The first-order valence-corrected chi connectivity index (χ1v) is 9.34. The minimum Gasteiger partial charge on any atom is -0.506 e. The van der Waals surface area contributed by atoms with Crippen LogP contribution in [0.3, 0.4) is 0 Å². The maximum absolute atomic E-state index is 10.9. The lowest BCUT2D eigenvalue weighted by molar-refractivity contribution is -0.138. The van der Waals surface area contributed by atoms with Gasteiger partial charge in [-0.3, -0.25) is 14.3 Å². The second-order valence-corrected chi connectivity index (χ2v) is 6.88. The van der Waals surface area contributed by atoms with Gasteiger partial charge in [-0.2, -0.15) is 0 Å². The smallest absolute Gasteiger partial charge is 0.472 e. The number of aromatic hydroxyl groups is 1. The summed E-state index contributed by atoms with van der Waals surface area (Å²) in [6, 6.07) is -0.909. The number of nitrogens with two attached hydrogens (primary N) is 1. The molecule has 1 aromatic rings. The molecule has 11 nitrogen and oxygen atoms in total. The zero-order valence-electron chi connectivity index (χ0n) is 14.2. The van der Waals surface area contributed by atoms with Gasteiger partial charge in [0, 0.05) is 23.9 Å². The summed E-state index contributed by atoms with van der Waals surface area (Å²) in [5.41, 5.74) is 5.80. The van der Waals surface area contributed by atoms with E-state index in [1.165, 1.54) is 6.92 Å². The fraction of sp³-hybridized carbons (Fsp3) is 0.571. The van der Waals surface area contributed by atoms with Crippen molar-refractivity contribution in [2.24, 2.45) is 5.73 Å². The molecule has 0 aliphatic heterocycles. The van der Waals surface area contributed by atoms with Gasteiger partial charge in [0.2, 0.25) is 0 Å². The highest BCUT2D eigenvalue weighted by Gasteiger charge is 2.25. The quantitative estimate of drug-likeness (QED) is 0.150. The second-order valence-electron chi connectivity index (χ2n) is 5.69. The van der Waals surface area contributed by atoms with E-state index in [2.05, 4.69) is 14.8 Å². The Morgan fingerprint density at radius 1 is 1.42 bits per heavy atom. The SMILES string of the molecule is Cc1ncc(C(O)OP(=O)(O)O)c(CNCCCC[C@H](N)C(=O)O)c1O. The van der Waals surface area contributed by atoms with Crippen molar-refractivity contribution in [3.05, 3.63) is 23.0 Å². The molecular formula is C14H24N3O8P. The summed E-state index contributed by atoms with van der Waals surface area (Å²) in [6.45, 7) is 2.09. The van der Waals surface area contributed by atoms with Gasteiger partial charge < -0.3 is 36.2 Å². The van der Waals surface area contributed by atoms with Gasteiger partial charge in [0.05, 0.1) is 5.69 Å². The highest BCUT2D eigenvalue weighted by atomic mass is 31.2. The number of phosphoric ester groups is 1. The van der Waals surface area contributed by atoms with Crippen molar-refractivity contribution in [3.8, 4) is 5.75 Å². The molecule has 12 heteroatoms. The summed E-state index contributed by atoms with van der Waals surface area (Å²) in [5.74, 6) is -1.28. The predicted molar refractivity (Wildman–Crippen MR) is 89.9 cm³/mol. The molecule has 0 fully saturated rings. The van der Waals surface area contributed by atoms with Gasteiger partial charge in [-0.25, -0.2) is 4.57 Å². The fourth-order valence-corrected chi connectivity index (χ4v) is 2.57. The number of carboxylic acid groups (broad SMARTS) is 1. The largest absolute Gasteiger partial charge is 0.506 e. The van der Waals surface area contributed by atoms with Gasteiger partial charge >= 0.3 is 13.8 Å². The standard InChI is InChI=1S/C14H24N3O8P/c1-8-12(18)9(6-16-5-3-2-4-11(15)13(19)20)10(7-17-8)14(21)25-26(22,23)24/h7,11,14,16,18,21H,2-6,15H2,1H3,(H,19,20)(H2,22,23,24)/t11-,14?/m0/s1. The Kier molecular flexibility index (Phi) is 8.57. The van der Waals surface area contributed by atoms with Crippen LogP contribution in [0, 0.1) is 6.92 Å². The van der Waals surface area contributed by atoms with E-state index >= 15 is 0 Å². The van der Waals surface area contributed by atoms with Gasteiger partial charge in [-0.1, -0.05) is 6.42 Å². The third kappa shape index (κ3) is 7.34. The Hall–Kier alpha value is -1.59. The molecule has 0 aliphatic rings. The van der Waals surface area contributed by atoms with Crippen LogP contribution in [0.15, 0.2) is 6.20 Å². The molecule has 0 saturated carbocycles. The van der Waals surface area contributed by atoms with Crippen LogP contribution < -0.4 is 11.1 Å². The van der Waals surface area contributed by atoms with E-state index in [1.807, 2.05) is 0 Å². The topological polar surface area (TPSA) is 195 Å². The zero-order valence-corrected chi connectivity index (χ0v) is 15.1. The average molecular weight is 393 g/mol. The van der Waals surface area contributed by atoms with Crippen LogP contribution in [0.5, 0.6) is 5.75 Å². The van der Waals surface area contributed by atoms with Crippen LogP contribution >= 0.6 is 7.82 Å². The van der Waals surface area contributed by atoms with Crippen LogP contribution in [-0.2, 0) is 20.4 Å². The molecule has 0 saturated heterocycles. The van der Waals surface area contributed by atoms with Crippen LogP contribution in [0.1, 0.15) is 42.4 Å².